The summed E-state index contributed by atoms with van der Waals surface area (Å²) in [4.78, 5) is 9.01. The number of fused-ring (bicyclic) bond motifs is 12. The maximum atomic E-state index is 6.54. The van der Waals surface area contributed by atoms with Crippen LogP contribution in [0.4, 0.5) is 0 Å². The molecule has 0 aliphatic carbocycles. The van der Waals surface area contributed by atoms with E-state index >= 15 is 0 Å². The van der Waals surface area contributed by atoms with E-state index in [0.717, 1.165) is 62.7 Å². The molecular formula is C47H31NO6P2S2. The van der Waals surface area contributed by atoms with E-state index in [4.69, 9.17) is 32.1 Å². The van der Waals surface area contributed by atoms with Crippen LogP contribution in [0.2, 0.25) is 0 Å². The smallest absolute Gasteiger partial charge is 0.416 e. The van der Waals surface area contributed by atoms with Crippen LogP contribution in [-0.2, 0) is 22.3 Å². The predicted molar refractivity (Wildman–Crippen MR) is 234 cm³/mol. The molecule has 0 fully saturated rings. The molecule has 3 heterocycles. The normalized spacial score (nSPS) is 14.1. The third-order valence-electron chi connectivity index (χ3n) is 9.97. The van der Waals surface area contributed by atoms with Crippen LogP contribution in [0.5, 0.6) is 23.0 Å². The van der Waals surface area contributed by atoms with Crippen LogP contribution >= 0.6 is 40.7 Å². The number of benzene rings is 8. The Morgan fingerprint density at radius 3 is 1.00 bits per heavy atom. The number of nitrogens with zero attached hydrogens (tertiary/aromatic N) is 1. The number of rotatable bonds is 6. The third-order valence-corrected chi connectivity index (χ3v) is 14.5. The van der Waals surface area contributed by atoms with E-state index in [0.29, 0.717) is 34.4 Å². The van der Waals surface area contributed by atoms with E-state index in [-0.39, 0.29) is 13.2 Å². The molecule has 11 heteroatoms. The summed E-state index contributed by atoms with van der Waals surface area (Å²) in [6.07, 6.45) is 0. The SMILES string of the molecule is c1cc(COP2Oc3ccc4ccccc4c3Sc3c(ccc4ccccc34)O2)nc(COP2Oc3ccc4ccccc4c3Sc3c(ccc4ccccc34)O2)c1. The van der Waals surface area contributed by atoms with Crippen molar-refractivity contribution in [1.29, 1.82) is 0 Å². The van der Waals surface area contributed by atoms with E-state index in [1.54, 1.807) is 23.5 Å². The predicted octanol–water partition coefficient (Wildman–Crippen LogP) is 14.4. The molecule has 0 radical (unpaired) electrons. The number of pyridine rings is 1. The molecule has 0 bridgehead atoms. The first-order valence-electron chi connectivity index (χ1n) is 18.7. The van der Waals surface area contributed by atoms with Gasteiger partial charge in [0.1, 0.15) is 23.0 Å². The van der Waals surface area contributed by atoms with E-state index in [1.165, 1.54) is 0 Å². The van der Waals surface area contributed by atoms with E-state index in [9.17, 15) is 0 Å². The fourth-order valence-electron chi connectivity index (χ4n) is 7.20. The zero-order valence-corrected chi connectivity index (χ0v) is 34.0. The molecule has 7 nitrogen and oxygen atoms in total. The molecular weight excluding hydrogens is 801 g/mol. The summed E-state index contributed by atoms with van der Waals surface area (Å²) in [5.74, 6) is 2.86. The highest BCUT2D eigenvalue weighted by atomic mass is 32.2. The van der Waals surface area contributed by atoms with Crippen molar-refractivity contribution in [1.82, 2.24) is 4.98 Å². The van der Waals surface area contributed by atoms with Gasteiger partial charge < -0.3 is 18.1 Å². The largest absolute Gasteiger partial charge is 0.463 e. The minimum Gasteiger partial charge on any atom is -0.416 e. The van der Waals surface area contributed by atoms with Crippen molar-refractivity contribution in [2.24, 2.45) is 0 Å². The molecule has 8 aromatic carbocycles. The van der Waals surface area contributed by atoms with Crippen molar-refractivity contribution >= 4 is 83.8 Å². The molecule has 0 saturated carbocycles. The highest BCUT2D eigenvalue weighted by Crippen LogP contribution is 2.57. The lowest BCUT2D eigenvalue weighted by molar-refractivity contribution is 0.243. The molecule has 0 saturated heterocycles. The molecule has 2 aliphatic rings. The van der Waals surface area contributed by atoms with Gasteiger partial charge in [0.25, 0.3) is 0 Å². The highest BCUT2D eigenvalue weighted by Gasteiger charge is 2.29. The topological polar surface area (TPSA) is 68.3 Å². The summed E-state index contributed by atoms with van der Waals surface area (Å²) in [7, 11) is -3.71. The first-order valence-corrected chi connectivity index (χ1v) is 22.5. The molecule has 0 spiro atoms. The Kier molecular flexibility index (Phi) is 9.51. The van der Waals surface area contributed by atoms with Crippen molar-refractivity contribution < 1.29 is 27.1 Å². The molecule has 0 atom stereocenters. The molecule has 1 aromatic heterocycles. The molecule has 282 valence electrons. The Hall–Kier alpha value is -5.37. The van der Waals surface area contributed by atoms with Crippen LogP contribution in [0.25, 0.3) is 43.1 Å². The second-order valence-electron chi connectivity index (χ2n) is 13.6. The van der Waals surface area contributed by atoms with Crippen molar-refractivity contribution in [3.63, 3.8) is 0 Å². The van der Waals surface area contributed by atoms with Crippen LogP contribution < -0.4 is 18.1 Å². The summed E-state index contributed by atoms with van der Waals surface area (Å²) in [5, 5.41) is 9.01. The highest BCUT2D eigenvalue weighted by molar-refractivity contribution is 8.00. The van der Waals surface area contributed by atoms with Crippen LogP contribution in [0.15, 0.2) is 183 Å². The Morgan fingerprint density at radius 2 is 0.672 bits per heavy atom. The molecule has 2 aliphatic heterocycles. The Bertz CT molecular complexity index is 2670. The number of aromatic nitrogens is 1. The standard InChI is InChI=1S/C47H31NO6P2S2/c1-5-16-36-30(10-1)20-24-40-44(36)57-45-37-17-6-2-11-31(37)21-25-41(45)52-55(51-40)49-28-34-14-9-15-35(48-34)29-50-56-53-42-26-22-32-12-3-7-18-38(32)46(42)58-47-39-19-8-4-13-33(39)23-27-43(47)54-56/h1-27H,28-29H2. The first kappa shape index (κ1) is 35.8. The second kappa shape index (κ2) is 15.4. The van der Waals surface area contributed by atoms with Crippen molar-refractivity contribution in [3.05, 3.63) is 175 Å². The minimum absolute atomic E-state index is 0.165. The van der Waals surface area contributed by atoms with Gasteiger partial charge in [-0.05, 0) is 79.5 Å². The van der Waals surface area contributed by atoms with E-state index in [2.05, 4.69) is 121 Å². The summed E-state index contributed by atoms with van der Waals surface area (Å²) < 4.78 is 39.0. The van der Waals surface area contributed by atoms with Crippen LogP contribution in [0, 0.1) is 0 Å². The maximum absolute atomic E-state index is 6.54. The molecule has 0 unspecified atom stereocenters. The minimum atomic E-state index is -1.85. The lowest BCUT2D eigenvalue weighted by Gasteiger charge is -2.25. The van der Waals surface area contributed by atoms with E-state index < -0.39 is 17.2 Å². The summed E-state index contributed by atoms with van der Waals surface area (Å²) in [6, 6.07) is 55.5. The summed E-state index contributed by atoms with van der Waals surface area (Å²) >= 11 is 3.33. The van der Waals surface area contributed by atoms with Crippen LogP contribution in [-0.4, -0.2) is 4.98 Å². The Labute approximate surface area is 345 Å². The van der Waals surface area contributed by atoms with Crippen molar-refractivity contribution in [3.8, 4) is 23.0 Å². The van der Waals surface area contributed by atoms with Crippen LogP contribution in [0.3, 0.4) is 0 Å². The second-order valence-corrected chi connectivity index (χ2v) is 17.8. The van der Waals surface area contributed by atoms with Gasteiger partial charge in [-0.25, -0.2) is 0 Å². The van der Waals surface area contributed by atoms with Gasteiger partial charge in [-0.15, -0.1) is 0 Å². The Balaban J connectivity index is 0.858. The average Bonchev–Trinajstić information content (AvgIpc) is 3.25. The van der Waals surface area contributed by atoms with Gasteiger partial charge in [-0.3, -0.25) is 14.0 Å². The van der Waals surface area contributed by atoms with Gasteiger partial charge in [0.15, 0.2) is 0 Å². The molecule has 0 N–H and O–H groups in total. The van der Waals surface area contributed by atoms with Crippen molar-refractivity contribution in [2.45, 2.75) is 32.8 Å². The van der Waals surface area contributed by atoms with Gasteiger partial charge in [0.2, 0.25) is 0 Å². The zero-order chi connectivity index (χ0) is 38.4. The van der Waals surface area contributed by atoms with Gasteiger partial charge in [0, 0.05) is 0 Å². The summed E-state index contributed by atoms with van der Waals surface area (Å²) in [5.41, 5.74) is 1.42. The lowest BCUT2D eigenvalue weighted by Crippen LogP contribution is -2.06. The quantitative estimate of drug-likeness (QED) is 0.152. The van der Waals surface area contributed by atoms with Crippen LogP contribution in [0.1, 0.15) is 11.4 Å². The van der Waals surface area contributed by atoms with Gasteiger partial charge >= 0.3 is 17.2 Å². The molecule has 58 heavy (non-hydrogen) atoms. The van der Waals surface area contributed by atoms with Crippen molar-refractivity contribution in [2.75, 3.05) is 0 Å². The van der Waals surface area contributed by atoms with E-state index in [1.807, 2.05) is 42.5 Å². The Morgan fingerprint density at radius 1 is 0.362 bits per heavy atom. The summed E-state index contributed by atoms with van der Waals surface area (Å²) in [6.45, 7) is 0.330. The number of hydrogen-bond acceptors (Lipinski definition) is 9. The molecule has 11 rings (SSSR count). The van der Waals surface area contributed by atoms with Gasteiger partial charge in [0.05, 0.1) is 44.2 Å². The van der Waals surface area contributed by atoms with Gasteiger partial charge in [-0.1, -0.05) is 151 Å². The molecule has 9 aromatic rings. The third kappa shape index (κ3) is 6.88. The molecule has 0 amide bonds. The lowest BCUT2D eigenvalue weighted by atomic mass is 10.1. The average molecular weight is 832 g/mol. The number of hydrogen-bond donors (Lipinski definition) is 0. The maximum Gasteiger partial charge on any atom is 0.463 e. The monoisotopic (exact) mass is 831 g/mol. The fourth-order valence-corrected chi connectivity index (χ4v) is 11.9. The fraction of sp³-hybridized carbons (Fsp3) is 0.0426. The first-order chi connectivity index (χ1) is 28.7. The zero-order valence-electron chi connectivity index (χ0n) is 30.6. The van der Waals surface area contributed by atoms with Gasteiger partial charge in [-0.2, -0.15) is 0 Å².